The first-order valence-corrected chi connectivity index (χ1v) is 9.14. The third-order valence-electron chi connectivity index (χ3n) is 5.10. The van der Waals surface area contributed by atoms with E-state index in [1.165, 1.54) is 0 Å². The standard InChI is InChI=1S/C18H28N4O3/c1-14(2)25-17(23)21-12-15-4-5-18(13-24-15)6-10-22(11-7-18)16-19-8-3-9-20-16/h3,8-9,14-15H,4-7,10-13H2,1-2H3,(H,21,23)/t15-/m0/s1. The number of carbonyl (C=O) groups excluding carboxylic acids is 1. The molecule has 0 aromatic carbocycles. The minimum Gasteiger partial charge on any atom is -0.447 e. The third-order valence-corrected chi connectivity index (χ3v) is 5.10. The molecule has 1 spiro atoms. The number of alkyl carbamates (subject to hydrolysis) is 1. The number of nitrogens with zero attached hydrogens (tertiary/aromatic N) is 3. The van der Waals surface area contributed by atoms with Crippen LogP contribution in [0.5, 0.6) is 0 Å². The molecule has 2 aliphatic heterocycles. The maximum absolute atomic E-state index is 11.6. The van der Waals surface area contributed by atoms with Crippen molar-refractivity contribution in [3.8, 4) is 0 Å². The summed E-state index contributed by atoms with van der Waals surface area (Å²) in [7, 11) is 0. The van der Waals surface area contributed by atoms with Crippen LogP contribution in [0.15, 0.2) is 18.5 Å². The molecular formula is C18H28N4O3. The first-order chi connectivity index (χ1) is 12.1. The van der Waals surface area contributed by atoms with Crippen LogP contribution in [0.3, 0.4) is 0 Å². The summed E-state index contributed by atoms with van der Waals surface area (Å²) < 4.78 is 11.1. The van der Waals surface area contributed by atoms with Crippen molar-refractivity contribution in [2.75, 3.05) is 31.1 Å². The minimum atomic E-state index is -0.366. The molecule has 1 atom stereocenters. The predicted octanol–water partition coefficient (Wildman–Crippen LogP) is 2.38. The lowest BCUT2D eigenvalue weighted by atomic mass is 9.73. The first kappa shape index (κ1) is 17.9. The van der Waals surface area contributed by atoms with Crippen LogP contribution in [0.4, 0.5) is 10.7 Å². The molecule has 7 nitrogen and oxygen atoms in total. The molecule has 1 amide bonds. The Morgan fingerprint density at radius 3 is 2.68 bits per heavy atom. The largest absolute Gasteiger partial charge is 0.447 e. The van der Waals surface area contributed by atoms with E-state index in [1.54, 1.807) is 12.4 Å². The van der Waals surface area contributed by atoms with Gasteiger partial charge in [-0.25, -0.2) is 14.8 Å². The summed E-state index contributed by atoms with van der Waals surface area (Å²) in [6.45, 7) is 6.91. The van der Waals surface area contributed by atoms with E-state index in [4.69, 9.17) is 9.47 Å². The van der Waals surface area contributed by atoms with Crippen molar-refractivity contribution in [1.29, 1.82) is 0 Å². The summed E-state index contributed by atoms with van der Waals surface area (Å²) in [5.41, 5.74) is 0.264. The fraction of sp³-hybridized carbons (Fsp3) is 0.722. The second-order valence-electron chi connectivity index (χ2n) is 7.34. The van der Waals surface area contributed by atoms with Gasteiger partial charge >= 0.3 is 6.09 Å². The number of rotatable bonds is 4. The molecule has 0 aliphatic carbocycles. The zero-order valence-corrected chi connectivity index (χ0v) is 15.1. The van der Waals surface area contributed by atoms with Crippen molar-refractivity contribution < 1.29 is 14.3 Å². The van der Waals surface area contributed by atoms with Crippen LogP contribution in [-0.2, 0) is 9.47 Å². The first-order valence-electron chi connectivity index (χ1n) is 9.14. The number of hydrogen-bond donors (Lipinski definition) is 1. The summed E-state index contributed by atoms with van der Waals surface area (Å²) in [5, 5.41) is 2.79. The van der Waals surface area contributed by atoms with E-state index in [2.05, 4.69) is 20.2 Å². The molecule has 0 saturated carbocycles. The molecule has 2 saturated heterocycles. The zero-order valence-electron chi connectivity index (χ0n) is 15.1. The van der Waals surface area contributed by atoms with Crippen LogP contribution in [0, 0.1) is 5.41 Å². The van der Waals surface area contributed by atoms with Gasteiger partial charge in [0.25, 0.3) is 0 Å². The number of ether oxygens (including phenoxy) is 2. The van der Waals surface area contributed by atoms with Gasteiger partial charge in [-0.2, -0.15) is 0 Å². The van der Waals surface area contributed by atoms with Gasteiger partial charge in [0.2, 0.25) is 5.95 Å². The highest BCUT2D eigenvalue weighted by Gasteiger charge is 2.39. The van der Waals surface area contributed by atoms with E-state index in [1.807, 2.05) is 19.9 Å². The fourth-order valence-electron chi connectivity index (χ4n) is 3.56. The Hall–Kier alpha value is -1.89. The number of piperidine rings is 1. The Kier molecular flexibility index (Phi) is 5.73. The van der Waals surface area contributed by atoms with Crippen molar-refractivity contribution in [3.05, 3.63) is 18.5 Å². The minimum absolute atomic E-state index is 0.0841. The number of anilines is 1. The maximum atomic E-state index is 11.6. The van der Waals surface area contributed by atoms with E-state index in [9.17, 15) is 4.79 Å². The van der Waals surface area contributed by atoms with Crippen LogP contribution >= 0.6 is 0 Å². The molecule has 1 N–H and O–H groups in total. The Morgan fingerprint density at radius 2 is 2.08 bits per heavy atom. The van der Waals surface area contributed by atoms with Crippen LogP contribution in [0.2, 0.25) is 0 Å². The SMILES string of the molecule is CC(C)OC(=O)NC[C@@H]1CCC2(CCN(c3ncccn3)CC2)CO1. The van der Waals surface area contributed by atoms with Gasteiger partial charge in [0.05, 0.1) is 18.8 Å². The van der Waals surface area contributed by atoms with Crippen molar-refractivity contribution in [1.82, 2.24) is 15.3 Å². The molecule has 1 aromatic heterocycles. The summed E-state index contributed by atoms with van der Waals surface area (Å²) in [6, 6.07) is 1.84. The lowest BCUT2D eigenvalue weighted by molar-refractivity contribution is -0.0705. The average Bonchev–Trinajstić information content (AvgIpc) is 2.62. The van der Waals surface area contributed by atoms with Gasteiger partial charge in [0, 0.05) is 32.0 Å². The maximum Gasteiger partial charge on any atom is 0.407 e. The normalized spacial score (nSPS) is 22.8. The Bertz CT molecular complexity index is 549. The molecule has 1 aromatic rings. The van der Waals surface area contributed by atoms with Gasteiger partial charge in [0.1, 0.15) is 0 Å². The number of hydrogen-bond acceptors (Lipinski definition) is 6. The van der Waals surface area contributed by atoms with Crippen LogP contribution < -0.4 is 10.2 Å². The summed E-state index contributed by atoms with van der Waals surface area (Å²) >= 11 is 0. The summed E-state index contributed by atoms with van der Waals surface area (Å²) in [4.78, 5) is 22.5. The van der Waals surface area contributed by atoms with E-state index < -0.39 is 0 Å². The summed E-state index contributed by atoms with van der Waals surface area (Å²) in [5.74, 6) is 0.819. The predicted molar refractivity (Wildman–Crippen MR) is 94.5 cm³/mol. The molecule has 7 heteroatoms. The van der Waals surface area contributed by atoms with Gasteiger partial charge in [0.15, 0.2) is 0 Å². The summed E-state index contributed by atoms with van der Waals surface area (Å²) in [6.07, 6.45) is 7.51. The fourth-order valence-corrected chi connectivity index (χ4v) is 3.56. The highest BCUT2D eigenvalue weighted by molar-refractivity contribution is 5.67. The van der Waals surface area contributed by atoms with E-state index in [0.717, 1.165) is 51.3 Å². The van der Waals surface area contributed by atoms with Crippen LogP contribution in [-0.4, -0.2) is 54.5 Å². The highest BCUT2D eigenvalue weighted by atomic mass is 16.6. The van der Waals surface area contributed by atoms with Crippen molar-refractivity contribution >= 4 is 12.0 Å². The monoisotopic (exact) mass is 348 g/mol. The molecule has 0 bridgehead atoms. The molecule has 3 heterocycles. The third kappa shape index (κ3) is 4.81. The molecule has 2 aliphatic rings. The molecule has 0 unspecified atom stereocenters. The number of nitrogens with one attached hydrogen (secondary N) is 1. The molecule has 0 radical (unpaired) electrons. The molecule has 138 valence electrons. The molecule has 25 heavy (non-hydrogen) atoms. The topological polar surface area (TPSA) is 76.6 Å². The molecule has 2 fully saturated rings. The number of carbonyl (C=O) groups is 1. The van der Waals surface area contributed by atoms with Gasteiger partial charge in [-0.1, -0.05) is 0 Å². The van der Waals surface area contributed by atoms with E-state index in [0.29, 0.717) is 6.54 Å². The van der Waals surface area contributed by atoms with E-state index in [-0.39, 0.29) is 23.7 Å². The van der Waals surface area contributed by atoms with E-state index >= 15 is 0 Å². The lowest BCUT2D eigenvalue weighted by Crippen LogP contribution is -2.48. The van der Waals surface area contributed by atoms with Gasteiger partial charge in [-0.05, 0) is 51.0 Å². The Morgan fingerprint density at radius 1 is 1.36 bits per heavy atom. The zero-order chi connectivity index (χ0) is 17.7. The quantitative estimate of drug-likeness (QED) is 0.900. The lowest BCUT2D eigenvalue weighted by Gasteiger charge is -2.45. The highest BCUT2D eigenvalue weighted by Crippen LogP contribution is 2.40. The Balaban J connectivity index is 1.41. The van der Waals surface area contributed by atoms with Gasteiger partial charge < -0.3 is 19.7 Å². The average molecular weight is 348 g/mol. The smallest absolute Gasteiger partial charge is 0.407 e. The molecular weight excluding hydrogens is 320 g/mol. The molecule has 3 rings (SSSR count). The number of aromatic nitrogens is 2. The van der Waals surface area contributed by atoms with Crippen LogP contribution in [0.25, 0.3) is 0 Å². The van der Waals surface area contributed by atoms with Gasteiger partial charge in [-0.3, -0.25) is 0 Å². The second-order valence-corrected chi connectivity index (χ2v) is 7.34. The van der Waals surface area contributed by atoms with Gasteiger partial charge in [-0.15, -0.1) is 0 Å². The Labute approximate surface area is 149 Å². The van der Waals surface area contributed by atoms with Crippen molar-refractivity contribution in [2.45, 2.75) is 51.7 Å². The van der Waals surface area contributed by atoms with Crippen molar-refractivity contribution in [3.63, 3.8) is 0 Å². The van der Waals surface area contributed by atoms with Crippen LogP contribution in [0.1, 0.15) is 39.5 Å². The number of amides is 1. The second kappa shape index (κ2) is 7.99. The van der Waals surface area contributed by atoms with Crippen molar-refractivity contribution in [2.24, 2.45) is 5.41 Å².